The van der Waals surface area contributed by atoms with E-state index in [1.807, 2.05) is 24.3 Å². The maximum atomic E-state index is 14.1. The van der Waals surface area contributed by atoms with Crippen LogP contribution in [0.3, 0.4) is 0 Å². The number of halogens is 2. The molecule has 0 radical (unpaired) electrons. The fraction of sp³-hybridized carbons (Fsp3) is 0.414. The number of carbonyl (C=O) groups is 1. The number of nitrogen functional groups attached to an aromatic ring is 1. The van der Waals surface area contributed by atoms with Crippen molar-refractivity contribution >= 4 is 29.2 Å². The Morgan fingerprint density at radius 2 is 1.92 bits per heavy atom. The number of hydrogen-bond acceptors (Lipinski definition) is 8. The standard InChI is InChI=1S/C29H34ClFN6O2/c30-23-6-3-7-24(31)22(23)16-36-28-27(32)35-17-26(37-28)19-10-8-18(9-11-19)15-34-20-12-13-33-25(14-20)29(38)39-21-4-1-2-5-21/h3,6-11,17,20-21,25,33-34H,1-2,4-5,12-16H2,(H2,32,35)(H,36,37)/t20?,25-/m1/s1. The van der Waals surface area contributed by atoms with Gasteiger partial charge in [0.05, 0.1) is 11.9 Å². The zero-order valence-corrected chi connectivity index (χ0v) is 22.5. The summed E-state index contributed by atoms with van der Waals surface area (Å²) in [6.07, 6.45) is 7.65. The summed E-state index contributed by atoms with van der Waals surface area (Å²) >= 11 is 6.13. The molecular weight excluding hydrogens is 519 g/mol. The molecule has 2 heterocycles. The number of ether oxygens (including phenoxy) is 1. The smallest absolute Gasteiger partial charge is 0.323 e. The van der Waals surface area contributed by atoms with Crippen molar-refractivity contribution in [2.24, 2.45) is 0 Å². The fourth-order valence-corrected chi connectivity index (χ4v) is 5.36. The Hall–Kier alpha value is -3.27. The predicted octanol–water partition coefficient (Wildman–Crippen LogP) is 4.83. The largest absolute Gasteiger partial charge is 0.461 e. The van der Waals surface area contributed by atoms with Crippen molar-refractivity contribution in [3.05, 3.63) is 70.6 Å². The normalized spacial score (nSPS) is 19.6. The molecule has 1 saturated carbocycles. The molecule has 1 aromatic heterocycles. The van der Waals surface area contributed by atoms with Crippen LogP contribution in [0.5, 0.6) is 0 Å². The Morgan fingerprint density at radius 3 is 2.69 bits per heavy atom. The first-order valence-corrected chi connectivity index (χ1v) is 13.9. The monoisotopic (exact) mass is 552 g/mol. The van der Waals surface area contributed by atoms with E-state index < -0.39 is 5.82 Å². The molecule has 1 aliphatic heterocycles. The predicted molar refractivity (Wildman–Crippen MR) is 151 cm³/mol. The molecule has 0 bridgehead atoms. The Bertz CT molecular complexity index is 1270. The van der Waals surface area contributed by atoms with Crippen molar-refractivity contribution in [1.29, 1.82) is 0 Å². The van der Waals surface area contributed by atoms with E-state index in [1.54, 1.807) is 18.3 Å². The van der Waals surface area contributed by atoms with Gasteiger partial charge in [-0.3, -0.25) is 4.79 Å². The molecule has 0 amide bonds. The second-order valence-electron chi connectivity index (χ2n) is 10.2. The quantitative estimate of drug-likeness (QED) is 0.279. The van der Waals surface area contributed by atoms with E-state index in [-0.39, 0.29) is 36.5 Å². The third-order valence-electron chi connectivity index (χ3n) is 7.41. The van der Waals surface area contributed by atoms with Crippen molar-refractivity contribution in [2.75, 3.05) is 17.6 Å². The molecule has 2 fully saturated rings. The number of nitrogens with two attached hydrogens (primary N) is 1. The van der Waals surface area contributed by atoms with Crippen LogP contribution in [-0.4, -0.2) is 40.7 Å². The Balaban J connectivity index is 1.15. The average Bonchev–Trinajstić information content (AvgIpc) is 3.46. The summed E-state index contributed by atoms with van der Waals surface area (Å²) < 4.78 is 19.8. The van der Waals surface area contributed by atoms with Crippen molar-refractivity contribution in [1.82, 2.24) is 20.6 Å². The van der Waals surface area contributed by atoms with Crippen molar-refractivity contribution in [2.45, 2.75) is 69.8 Å². The first-order valence-electron chi connectivity index (χ1n) is 13.5. The van der Waals surface area contributed by atoms with Crippen LogP contribution in [0.2, 0.25) is 5.02 Å². The molecule has 5 rings (SSSR count). The lowest BCUT2D eigenvalue weighted by Crippen LogP contribution is -2.50. The van der Waals surface area contributed by atoms with Crippen molar-refractivity contribution < 1.29 is 13.9 Å². The van der Waals surface area contributed by atoms with E-state index in [9.17, 15) is 9.18 Å². The zero-order valence-electron chi connectivity index (χ0n) is 21.8. The summed E-state index contributed by atoms with van der Waals surface area (Å²) in [7, 11) is 0. The molecular formula is C29H34ClFN6O2. The molecule has 1 saturated heterocycles. The van der Waals surface area contributed by atoms with Crippen LogP contribution in [0.25, 0.3) is 11.3 Å². The lowest BCUT2D eigenvalue weighted by atomic mass is 9.99. The van der Waals surface area contributed by atoms with Crippen LogP contribution >= 0.6 is 11.6 Å². The molecule has 3 aromatic rings. The van der Waals surface area contributed by atoms with Crippen LogP contribution in [0.1, 0.15) is 49.7 Å². The number of anilines is 2. The number of aromatic nitrogens is 2. The number of rotatable bonds is 9. The summed E-state index contributed by atoms with van der Waals surface area (Å²) in [5.74, 6) is 0.0723. The SMILES string of the molecule is Nc1ncc(-c2ccc(CNC3CCN[C@@H](C(=O)OC4CCCC4)C3)cc2)nc1NCc1c(F)cccc1Cl. The van der Waals surface area contributed by atoms with Crippen LogP contribution in [-0.2, 0) is 22.6 Å². The maximum absolute atomic E-state index is 14.1. The van der Waals surface area contributed by atoms with Gasteiger partial charge >= 0.3 is 5.97 Å². The average molecular weight is 553 g/mol. The van der Waals surface area contributed by atoms with E-state index in [0.29, 0.717) is 28.6 Å². The van der Waals surface area contributed by atoms with Crippen molar-refractivity contribution in [3.63, 3.8) is 0 Å². The summed E-state index contributed by atoms with van der Waals surface area (Å²) in [5, 5.41) is 10.3. The van der Waals surface area contributed by atoms with Gasteiger partial charge in [-0.15, -0.1) is 0 Å². The molecule has 5 N–H and O–H groups in total. The highest BCUT2D eigenvalue weighted by molar-refractivity contribution is 6.31. The van der Waals surface area contributed by atoms with E-state index in [1.165, 1.54) is 6.07 Å². The van der Waals surface area contributed by atoms with Gasteiger partial charge in [-0.1, -0.05) is 41.9 Å². The first-order chi connectivity index (χ1) is 19.0. The molecule has 39 heavy (non-hydrogen) atoms. The second kappa shape index (κ2) is 12.7. The van der Waals surface area contributed by atoms with Gasteiger partial charge in [0, 0.05) is 35.3 Å². The van der Waals surface area contributed by atoms with Gasteiger partial charge in [0.2, 0.25) is 0 Å². The van der Waals surface area contributed by atoms with E-state index >= 15 is 0 Å². The number of benzene rings is 2. The lowest BCUT2D eigenvalue weighted by molar-refractivity contribution is -0.152. The summed E-state index contributed by atoms with van der Waals surface area (Å²) in [5.41, 5.74) is 9.00. The first kappa shape index (κ1) is 27.3. The Morgan fingerprint density at radius 1 is 1.13 bits per heavy atom. The minimum atomic E-state index is -0.397. The van der Waals surface area contributed by atoms with Crippen LogP contribution in [0.4, 0.5) is 16.0 Å². The highest BCUT2D eigenvalue weighted by Gasteiger charge is 2.30. The van der Waals surface area contributed by atoms with E-state index in [2.05, 4.69) is 25.9 Å². The third-order valence-corrected chi connectivity index (χ3v) is 7.77. The molecule has 2 aromatic carbocycles. The van der Waals surface area contributed by atoms with Gasteiger partial charge < -0.3 is 26.4 Å². The molecule has 8 nitrogen and oxygen atoms in total. The summed E-state index contributed by atoms with van der Waals surface area (Å²) in [6.45, 7) is 1.61. The van der Waals surface area contributed by atoms with Crippen molar-refractivity contribution in [3.8, 4) is 11.3 Å². The highest BCUT2D eigenvalue weighted by atomic mass is 35.5. The zero-order chi connectivity index (χ0) is 27.2. The minimum absolute atomic E-state index is 0.0918. The molecule has 0 spiro atoms. The number of piperidine rings is 1. The summed E-state index contributed by atoms with van der Waals surface area (Å²) in [6, 6.07) is 12.6. The van der Waals surface area contributed by atoms with Gasteiger partial charge in [0.1, 0.15) is 18.0 Å². The highest BCUT2D eigenvalue weighted by Crippen LogP contribution is 2.25. The van der Waals surface area contributed by atoms with Crippen LogP contribution in [0.15, 0.2) is 48.7 Å². The molecule has 2 atom stereocenters. The van der Waals surface area contributed by atoms with Gasteiger partial charge in [-0.2, -0.15) is 0 Å². The summed E-state index contributed by atoms with van der Waals surface area (Å²) in [4.78, 5) is 21.4. The van der Waals surface area contributed by atoms with Gasteiger partial charge in [0.25, 0.3) is 0 Å². The van der Waals surface area contributed by atoms with E-state index in [4.69, 9.17) is 22.1 Å². The number of nitrogens with one attached hydrogen (secondary N) is 3. The van der Waals surface area contributed by atoms with Crippen LogP contribution in [0, 0.1) is 5.82 Å². The number of hydrogen-bond donors (Lipinski definition) is 4. The van der Waals surface area contributed by atoms with Gasteiger partial charge in [-0.05, 0) is 62.8 Å². The van der Waals surface area contributed by atoms with Crippen LogP contribution < -0.4 is 21.7 Å². The number of nitrogens with zero attached hydrogens (tertiary/aromatic N) is 2. The minimum Gasteiger partial charge on any atom is -0.461 e. The number of esters is 1. The fourth-order valence-electron chi connectivity index (χ4n) is 5.13. The Kier molecular flexibility index (Phi) is 8.91. The Labute approximate surface area is 232 Å². The topological polar surface area (TPSA) is 114 Å². The molecule has 206 valence electrons. The number of carbonyl (C=O) groups excluding carboxylic acids is 1. The maximum Gasteiger partial charge on any atom is 0.323 e. The second-order valence-corrected chi connectivity index (χ2v) is 10.6. The molecule has 1 aliphatic carbocycles. The molecule has 2 aliphatic rings. The molecule has 10 heteroatoms. The third kappa shape index (κ3) is 7.03. The molecule has 1 unspecified atom stereocenters. The van der Waals surface area contributed by atoms with E-state index in [0.717, 1.165) is 56.2 Å². The lowest BCUT2D eigenvalue weighted by Gasteiger charge is -2.30. The van der Waals surface area contributed by atoms with Gasteiger partial charge in [0.15, 0.2) is 11.6 Å². The van der Waals surface area contributed by atoms with Gasteiger partial charge in [-0.25, -0.2) is 14.4 Å².